The molecule has 7 heteroatoms. The molecule has 0 aliphatic carbocycles. The number of carbonyl (C=O) groups excluding carboxylic acids is 1. The second kappa shape index (κ2) is 6.76. The lowest BCUT2D eigenvalue weighted by atomic mass is 10.1. The first-order valence-corrected chi connectivity index (χ1v) is 6.85. The fourth-order valence-electron chi connectivity index (χ4n) is 1.31. The lowest BCUT2D eigenvalue weighted by Gasteiger charge is -2.21. The number of rotatable bonds is 6. The third kappa shape index (κ3) is 4.90. The Hall–Kier alpha value is -1.82. The molecule has 1 aromatic heterocycles. The van der Waals surface area contributed by atoms with E-state index in [2.05, 4.69) is 10.3 Å². The molecule has 116 valence electrons. The minimum atomic E-state index is -1.38. The van der Waals surface area contributed by atoms with E-state index in [0.29, 0.717) is 12.5 Å². The van der Waals surface area contributed by atoms with Crippen molar-refractivity contribution in [3.8, 4) is 5.88 Å². The third-order valence-electron chi connectivity index (χ3n) is 2.58. The monoisotopic (exact) mass is 314 g/mol. The summed E-state index contributed by atoms with van der Waals surface area (Å²) < 4.78 is 5.40. The van der Waals surface area contributed by atoms with Gasteiger partial charge in [-0.1, -0.05) is 25.4 Å². The normalized spacial score (nSPS) is 11.3. The highest BCUT2D eigenvalue weighted by Crippen LogP contribution is 2.23. The van der Waals surface area contributed by atoms with Gasteiger partial charge in [-0.15, -0.1) is 0 Å². The zero-order chi connectivity index (χ0) is 16.2. The van der Waals surface area contributed by atoms with Gasteiger partial charge in [-0.05, 0) is 25.8 Å². The minimum absolute atomic E-state index is 0.172. The average molecular weight is 315 g/mol. The molecule has 1 amide bonds. The molecule has 0 aliphatic heterocycles. The van der Waals surface area contributed by atoms with Crippen LogP contribution in [-0.4, -0.2) is 34.1 Å². The summed E-state index contributed by atoms with van der Waals surface area (Å²) in [7, 11) is 0. The second-order valence-corrected chi connectivity index (χ2v) is 6.01. The topological polar surface area (TPSA) is 88.5 Å². The molecule has 0 unspecified atom stereocenters. The molecule has 21 heavy (non-hydrogen) atoms. The van der Waals surface area contributed by atoms with Crippen molar-refractivity contribution >= 4 is 23.5 Å². The lowest BCUT2D eigenvalue weighted by Crippen LogP contribution is -2.49. The number of carbonyl (C=O) groups is 2. The number of carboxylic acid groups (broad SMARTS) is 1. The molecule has 2 N–H and O–H groups in total. The van der Waals surface area contributed by atoms with Gasteiger partial charge in [0.25, 0.3) is 5.91 Å². The largest absolute Gasteiger partial charge is 0.480 e. The SMILES string of the molecule is CC(C)COc1ncc(C(=O)NC(C)(C)C(=O)O)cc1Cl. The highest BCUT2D eigenvalue weighted by Gasteiger charge is 2.29. The third-order valence-corrected chi connectivity index (χ3v) is 2.85. The Balaban J connectivity index is 2.83. The van der Waals surface area contributed by atoms with Crippen molar-refractivity contribution < 1.29 is 19.4 Å². The summed E-state index contributed by atoms with van der Waals surface area (Å²) in [6.07, 6.45) is 1.30. The minimum Gasteiger partial charge on any atom is -0.480 e. The summed E-state index contributed by atoms with van der Waals surface area (Å²) in [4.78, 5) is 26.9. The molecular formula is C14H19ClN2O4. The maximum atomic E-state index is 12.0. The van der Waals surface area contributed by atoms with Crippen LogP contribution in [0.3, 0.4) is 0 Å². The smallest absolute Gasteiger partial charge is 0.328 e. The number of aromatic nitrogens is 1. The predicted octanol–water partition coefficient (Wildman–Crippen LogP) is 2.36. The lowest BCUT2D eigenvalue weighted by molar-refractivity contribution is -0.143. The molecule has 0 atom stereocenters. The number of ether oxygens (including phenoxy) is 1. The summed E-state index contributed by atoms with van der Waals surface area (Å²) in [5.74, 6) is -1.12. The number of pyridine rings is 1. The summed E-state index contributed by atoms with van der Waals surface area (Å²) in [6.45, 7) is 7.22. The quantitative estimate of drug-likeness (QED) is 0.841. The van der Waals surface area contributed by atoms with Crippen LogP contribution in [0.5, 0.6) is 5.88 Å². The van der Waals surface area contributed by atoms with Gasteiger partial charge >= 0.3 is 5.97 Å². The van der Waals surface area contributed by atoms with Crippen molar-refractivity contribution in [3.63, 3.8) is 0 Å². The van der Waals surface area contributed by atoms with E-state index < -0.39 is 17.4 Å². The number of amides is 1. The molecule has 0 radical (unpaired) electrons. The Kier molecular flexibility index (Phi) is 5.54. The van der Waals surface area contributed by atoms with Crippen molar-refractivity contribution in [1.82, 2.24) is 10.3 Å². The van der Waals surface area contributed by atoms with Crippen LogP contribution in [0.1, 0.15) is 38.1 Å². The summed E-state index contributed by atoms with van der Waals surface area (Å²) in [6, 6.07) is 1.40. The molecule has 1 rings (SSSR count). The van der Waals surface area contributed by atoms with E-state index in [1.165, 1.54) is 26.1 Å². The van der Waals surface area contributed by atoms with E-state index in [0.717, 1.165) is 0 Å². The number of carboxylic acids is 1. The molecule has 1 aromatic rings. The molecule has 6 nitrogen and oxygen atoms in total. The first kappa shape index (κ1) is 17.2. The van der Waals surface area contributed by atoms with Gasteiger partial charge in [0.2, 0.25) is 5.88 Å². The van der Waals surface area contributed by atoms with Crippen LogP contribution < -0.4 is 10.1 Å². The van der Waals surface area contributed by atoms with Crippen molar-refractivity contribution in [3.05, 3.63) is 22.8 Å². The standard InChI is InChI=1S/C14H19ClN2O4/c1-8(2)7-21-12-10(15)5-9(6-16-12)11(18)17-14(3,4)13(19)20/h5-6,8H,7H2,1-4H3,(H,17,18)(H,19,20). The van der Waals surface area contributed by atoms with Gasteiger partial charge < -0.3 is 15.2 Å². The molecular weight excluding hydrogens is 296 g/mol. The number of aliphatic carboxylic acids is 1. The number of nitrogens with one attached hydrogen (secondary N) is 1. The van der Waals surface area contributed by atoms with Crippen LogP contribution in [0.4, 0.5) is 0 Å². The Morgan fingerprint density at radius 2 is 2.10 bits per heavy atom. The fourth-order valence-corrected chi connectivity index (χ4v) is 1.53. The fraction of sp³-hybridized carbons (Fsp3) is 0.500. The Labute approximate surface area is 128 Å². The van der Waals surface area contributed by atoms with Crippen molar-refractivity contribution in [2.45, 2.75) is 33.2 Å². The first-order chi connectivity index (χ1) is 9.63. The zero-order valence-corrected chi connectivity index (χ0v) is 13.2. The van der Waals surface area contributed by atoms with Gasteiger partial charge in [-0.3, -0.25) is 4.79 Å². The van der Waals surface area contributed by atoms with Crippen LogP contribution in [0, 0.1) is 5.92 Å². The van der Waals surface area contributed by atoms with Crippen LogP contribution in [0.15, 0.2) is 12.3 Å². The summed E-state index contributed by atoms with van der Waals surface area (Å²) in [5.41, 5.74) is -1.21. The molecule has 0 saturated heterocycles. The molecule has 0 bridgehead atoms. The van der Waals surface area contributed by atoms with Crippen molar-refractivity contribution in [2.75, 3.05) is 6.61 Å². The Morgan fingerprint density at radius 1 is 1.48 bits per heavy atom. The molecule has 0 spiro atoms. The van der Waals surface area contributed by atoms with Gasteiger partial charge in [0.15, 0.2) is 0 Å². The van der Waals surface area contributed by atoms with Gasteiger partial charge in [-0.25, -0.2) is 9.78 Å². The second-order valence-electron chi connectivity index (χ2n) is 5.60. The van der Waals surface area contributed by atoms with E-state index >= 15 is 0 Å². The highest BCUT2D eigenvalue weighted by atomic mass is 35.5. The number of nitrogens with zero attached hydrogens (tertiary/aromatic N) is 1. The number of hydrogen-bond donors (Lipinski definition) is 2. The Bertz CT molecular complexity index is 544. The van der Waals surface area contributed by atoms with E-state index in [1.807, 2.05) is 13.8 Å². The van der Waals surface area contributed by atoms with Crippen LogP contribution in [0.25, 0.3) is 0 Å². The summed E-state index contributed by atoms with van der Waals surface area (Å²) in [5, 5.41) is 11.6. The van der Waals surface area contributed by atoms with Gasteiger partial charge in [-0.2, -0.15) is 0 Å². The van der Waals surface area contributed by atoms with Gasteiger partial charge in [0.05, 0.1) is 12.2 Å². The summed E-state index contributed by atoms with van der Waals surface area (Å²) >= 11 is 6.01. The highest BCUT2D eigenvalue weighted by molar-refractivity contribution is 6.32. The predicted molar refractivity (Wildman–Crippen MR) is 78.8 cm³/mol. The van der Waals surface area contributed by atoms with E-state index in [4.69, 9.17) is 21.4 Å². The van der Waals surface area contributed by atoms with Gasteiger partial charge in [0, 0.05) is 6.20 Å². The number of halogens is 1. The molecule has 0 saturated carbocycles. The van der Waals surface area contributed by atoms with E-state index in [-0.39, 0.29) is 16.5 Å². The number of hydrogen-bond acceptors (Lipinski definition) is 4. The Morgan fingerprint density at radius 3 is 2.57 bits per heavy atom. The average Bonchev–Trinajstić information content (AvgIpc) is 2.36. The molecule has 0 aliphatic rings. The van der Waals surface area contributed by atoms with Crippen LogP contribution in [-0.2, 0) is 4.79 Å². The van der Waals surface area contributed by atoms with Crippen LogP contribution >= 0.6 is 11.6 Å². The maximum Gasteiger partial charge on any atom is 0.328 e. The maximum absolute atomic E-state index is 12.0. The van der Waals surface area contributed by atoms with E-state index in [9.17, 15) is 9.59 Å². The zero-order valence-electron chi connectivity index (χ0n) is 12.4. The van der Waals surface area contributed by atoms with Crippen molar-refractivity contribution in [2.24, 2.45) is 5.92 Å². The first-order valence-electron chi connectivity index (χ1n) is 6.47. The van der Waals surface area contributed by atoms with Crippen molar-refractivity contribution in [1.29, 1.82) is 0 Å². The van der Waals surface area contributed by atoms with Crippen LogP contribution in [0.2, 0.25) is 5.02 Å². The molecule has 0 aromatic carbocycles. The van der Waals surface area contributed by atoms with Gasteiger partial charge in [0.1, 0.15) is 10.6 Å². The van der Waals surface area contributed by atoms with E-state index in [1.54, 1.807) is 0 Å². The molecule has 1 heterocycles. The molecule has 0 fully saturated rings.